The number of thiophene rings is 1. The highest BCUT2D eigenvalue weighted by atomic mass is 32.1. The highest BCUT2D eigenvalue weighted by molar-refractivity contribution is 7.17. The lowest BCUT2D eigenvalue weighted by molar-refractivity contribution is 0.301. The first kappa shape index (κ1) is 13.6. The van der Waals surface area contributed by atoms with Crippen LogP contribution in [0.3, 0.4) is 0 Å². The molecule has 6 heteroatoms. The van der Waals surface area contributed by atoms with E-state index < -0.39 is 0 Å². The number of nitrogen functional groups attached to an aromatic ring is 1. The van der Waals surface area contributed by atoms with Crippen molar-refractivity contribution in [2.75, 3.05) is 12.3 Å². The summed E-state index contributed by atoms with van der Waals surface area (Å²) in [5.41, 5.74) is 7.10. The maximum atomic E-state index is 12.2. The molecule has 1 aromatic carbocycles. The third-order valence-corrected chi connectivity index (χ3v) is 4.02. The van der Waals surface area contributed by atoms with Gasteiger partial charge in [-0.05, 0) is 42.1 Å². The zero-order valence-corrected chi connectivity index (χ0v) is 12.2. The molecule has 0 radical (unpaired) electrons. The van der Waals surface area contributed by atoms with Gasteiger partial charge in [-0.2, -0.15) is 0 Å². The molecule has 2 aromatic heterocycles. The van der Waals surface area contributed by atoms with Crippen LogP contribution in [0.15, 0.2) is 46.8 Å². The number of ether oxygens (including phenoxy) is 1. The zero-order valence-electron chi connectivity index (χ0n) is 11.4. The Morgan fingerprint density at radius 2 is 2.05 bits per heavy atom. The van der Waals surface area contributed by atoms with Crippen molar-refractivity contribution < 1.29 is 4.74 Å². The molecule has 0 aliphatic rings. The van der Waals surface area contributed by atoms with Gasteiger partial charge in [-0.25, -0.2) is 4.98 Å². The van der Waals surface area contributed by atoms with Crippen molar-refractivity contribution in [2.45, 2.75) is 13.0 Å². The fraction of sp³-hybridized carbons (Fsp3) is 0.200. The van der Waals surface area contributed by atoms with Crippen molar-refractivity contribution >= 4 is 27.2 Å². The first-order valence-corrected chi connectivity index (χ1v) is 7.53. The van der Waals surface area contributed by atoms with Crippen LogP contribution in [0.1, 0.15) is 6.42 Å². The van der Waals surface area contributed by atoms with Gasteiger partial charge in [0.1, 0.15) is 10.4 Å². The minimum absolute atomic E-state index is 0.0162. The largest absolute Gasteiger partial charge is 0.494 e. The van der Waals surface area contributed by atoms with Crippen LogP contribution in [0.5, 0.6) is 5.75 Å². The van der Waals surface area contributed by atoms with E-state index in [1.807, 2.05) is 23.6 Å². The summed E-state index contributed by atoms with van der Waals surface area (Å²) >= 11 is 1.43. The molecule has 0 amide bonds. The number of aryl methyl sites for hydroxylation is 1. The molecule has 3 aromatic rings. The smallest absolute Gasteiger partial charge is 0.271 e. The highest BCUT2D eigenvalue weighted by Gasteiger charge is 2.04. The summed E-state index contributed by atoms with van der Waals surface area (Å²) in [5, 5.41) is 1.88. The van der Waals surface area contributed by atoms with Crippen molar-refractivity contribution in [2.24, 2.45) is 0 Å². The second-order valence-electron chi connectivity index (χ2n) is 4.65. The van der Waals surface area contributed by atoms with Gasteiger partial charge in [0, 0.05) is 12.2 Å². The number of hydrogen-bond acceptors (Lipinski definition) is 5. The molecule has 0 unspecified atom stereocenters. The molecule has 5 nitrogen and oxygen atoms in total. The van der Waals surface area contributed by atoms with Crippen LogP contribution in [0.25, 0.3) is 10.2 Å². The molecular formula is C15H15N3O2S. The van der Waals surface area contributed by atoms with Crippen LogP contribution in [0.4, 0.5) is 5.69 Å². The number of benzene rings is 1. The number of nitrogens with two attached hydrogens (primary N) is 1. The van der Waals surface area contributed by atoms with Gasteiger partial charge in [0.2, 0.25) is 0 Å². The quantitative estimate of drug-likeness (QED) is 0.580. The summed E-state index contributed by atoms with van der Waals surface area (Å²) in [6, 6.07) is 9.13. The number of fused-ring (bicyclic) bond motifs is 1. The molecular weight excluding hydrogens is 286 g/mol. The normalized spacial score (nSPS) is 10.9. The standard InChI is InChI=1S/C15H15N3O2S/c16-11-2-4-12(5-3-11)20-8-1-7-18-10-17-13-6-9-21-14(13)15(18)19/h2-6,9-10H,1,7-8,16H2. The molecule has 0 aliphatic heterocycles. The highest BCUT2D eigenvalue weighted by Crippen LogP contribution is 2.14. The molecule has 0 bridgehead atoms. The van der Waals surface area contributed by atoms with Gasteiger partial charge in [-0.1, -0.05) is 0 Å². The summed E-state index contributed by atoms with van der Waals surface area (Å²) in [5.74, 6) is 0.781. The molecule has 21 heavy (non-hydrogen) atoms. The van der Waals surface area contributed by atoms with Gasteiger partial charge < -0.3 is 10.5 Å². The summed E-state index contributed by atoms with van der Waals surface area (Å²) in [6.07, 6.45) is 2.34. The van der Waals surface area contributed by atoms with Crippen LogP contribution in [-0.4, -0.2) is 16.2 Å². The van der Waals surface area contributed by atoms with Gasteiger partial charge >= 0.3 is 0 Å². The second-order valence-corrected chi connectivity index (χ2v) is 5.57. The summed E-state index contributed by atoms with van der Waals surface area (Å²) in [6.45, 7) is 1.13. The Kier molecular flexibility index (Phi) is 3.87. The summed E-state index contributed by atoms with van der Waals surface area (Å²) in [4.78, 5) is 16.4. The lowest BCUT2D eigenvalue weighted by atomic mass is 10.3. The number of nitrogens with zero attached hydrogens (tertiary/aromatic N) is 2. The molecule has 2 N–H and O–H groups in total. The average molecular weight is 301 g/mol. The third-order valence-electron chi connectivity index (χ3n) is 3.13. The van der Waals surface area contributed by atoms with E-state index in [0.717, 1.165) is 17.7 Å². The first-order valence-electron chi connectivity index (χ1n) is 6.65. The van der Waals surface area contributed by atoms with Gasteiger partial charge in [-0.15, -0.1) is 11.3 Å². The average Bonchev–Trinajstić information content (AvgIpc) is 2.97. The Bertz CT molecular complexity index is 793. The Morgan fingerprint density at radius 3 is 2.86 bits per heavy atom. The van der Waals surface area contributed by atoms with Gasteiger partial charge in [0.05, 0.1) is 18.5 Å². The minimum atomic E-state index is 0.0162. The third kappa shape index (κ3) is 3.05. The molecule has 0 saturated heterocycles. The predicted molar refractivity (Wildman–Crippen MR) is 84.8 cm³/mol. The van der Waals surface area contributed by atoms with Crippen LogP contribution in [-0.2, 0) is 6.54 Å². The number of aromatic nitrogens is 2. The number of rotatable bonds is 5. The van der Waals surface area contributed by atoms with E-state index in [9.17, 15) is 4.79 Å². The van der Waals surface area contributed by atoms with E-state index in [4.69, 9.17) is 10.5 Å². The van der Waals surface area contributed by atoms with Crippen molar-refractivity contribution in [1.29, 1.82) is 0 Å². The van der Waals surface area contributed by atoms with E-state index in [1.165, 1.54) is 11.3 Å². The second kappa shape index (κ2) is 5.97. The fourth-order valence-corrected chi connectivity index (χ4v) is 2.82. The Morgan fingerprint density at radius 1 is 1.24 bits per heavy atom. The van der Waals surface area contributed by atoms with Crippen molar-refractivity contribution in [3.05, 3.63) is 52.4 Å². The van der Waals surface area contributed by atoms with E-state index in [2.05, 4.69) is 4.98 Å². The molecule has 108 valence electrons. The van der Waals surface area contributed by atoms with Crippen molar-refractivity contribution in [3.63, 3.8) is 0 Å². The molecule has 3 rings (SSSR count). The molecule has 0 spiro atoms. The van der Waals surface area contributed by atoms with Crippen LogP contribution < -0.4 is 16.0 Å². The predicted octanol–water partition coefficient (Wildman–Crippen LogP) is 2.51. The topological polar surface area (TPSA) is 70.1 Å². The zero-order chi connectivity index (χ0) is 14.7. The minimum Gasteiger partial charge on any atom is -0.494 e. The van der Waals surface area contributed by atoms with Gasteiger partial charge in [-0.3, -0.25) is 9.36 Å². The molecule has 0 saturated carbocycles. The Hall–Kier alpha value is -2.34. The van der Waals surface area contributed by atoms with E-state index >= 15 is 0 Å². The maximum Gasteiger partial charge on any atom is 0.271 e. The fourth-order valence-electron chi connectivity index (χ4n) is 2.03. The Balaban J connectivity index is 1.58. The summed E-state index contributed by atoms with van der Waals surface area (Å²) in [7, 11) is 0. The number of anilines is 1. The van der Waals surface area contributed by atoms with E-state index in [1.54, 1.807) is 23.0 Å². The molecule has 0 fully saturated rings. The molecule has 0 aliphatic carbocycles. The van der Waals surface area contributed by atoms with Gasteiger partial charge in [0.25, 0.3) is 5.56 Å². The lowest BCUT2D eigenvalue weighted by Gasteiger charge is -2.07. The Labute approximate surface area is 125 Å². The van der Waals surface area contributed by atoms with Crippen molar-refractivity contribution in [1.82, 2.24) is 9.55 Å². The van der Waals surface area contributed by atoms with Crippen molar-refractivity contribution in [3.8, 4) is 5.75 Å². The van der Waals surface area contributed by atoms with E-state index in [0.29, 0.717) is 23.5 Å². The van der Waals surface area contributed by atoms with Crippen LogP contribution in [0.2, 0.25) is 0 Å². The SMILES string of the molecule is Nc1ccc(OCCCn2cnc3ccsc3c2=O)cc1. The maximum absolute atomic E-state index is 12.2. The van der Waals surface area contributed by atoms with Crippen LogP contribution in [0, 0.1) is 0 Å². The van der Waals surface area contributed by atoms with E-state index in [-0.39, 0.29) is 5.56 Å². The summed E-state index contributed by atoms with van der Waals surface area (Å²) < 4.78 is 7.94. The van der Waals surface area contributed by atoms with Crippen LogP contribution >= 0.6 is 11.3 Å². The molecule has 2 heterocycles. The molecule has 0 atom stereocenters. The van der Waals surface area contributed by atoms with Gasteiger partial charge in [0.15, 0.2) is 0 Å². The number of hydrogen-bond donors (Lipinski definition) is 1. The monoisotopic (exact) mass is 301 g/mol. The lowest BCUT2D eigenvalue weighted by Crippen LogP contribution is -2.20. The first-order chi connectivity index (χ1) is 10.2.